The number of esters is 3. The summed E-state index contributed by atoms with van der Waals surface area (Å²) in [4.78, 5) is 73.8. The van der Waals surface area contributed by atoms with E-state index in [4.69, 9.17) is 28.4 Å². The van der Waals surface area contributed by atoms with E-state index in [9.17, 15) is 29.1 Å². The van der Waals surface area contributed by atoms with Gasteiger partial charge in [0.05, 0.1) is 42.5 Å². The van der Waals surface area contributed by atoms with Crippen molar-refractivity contribution in [3.05, 3.63) is 168 Å². The lowest BCUT2D eigenvalue weighted by molar-refractivity contribution is -0.154. The van der Waals surface area contributed by atoms with Crippen LogP contribution in [0.1, 0.15) is 97.0 Å². The largest absolute Gasteiger partial charge is 0.503 e. The highest BCUT2D eigenvalue weighted by molar-refractivity contribution is 7.99. The highest BCUT2D eigenvalue weighted by Crippen LogP contribution is 2.41. The van der Waals surface area contributed by atoms with Crippen molar-refractivity contribution in [1.29, 1.82) is 0 Å². The van der Waals surface area contributed by atoms with Gasteiger partial charge in [-0.2, -0.15) is 0 Å². The van der Waals surface area contributed by atoms with Crippen molar-refractivity contribution in [2.45, 2.75) is 86.9 Å². The second-order valence-corrected chi connectivity index (χ2v) is 19.6. The molecule has 2 heterocycles. The lowest BCUT2D eigenvalue weighted by atomic mass is 10.0. The fourth-order valence-corrected chi connectivity index (χ4v) is 9.43. The van der Waals surface area contributed by atoms with Crippen LogP contribution in [0.25, 0.3) is 0 Å². The van der Waals surface area contributed by atoms with Crippen molar-refractivity contribution in [2.75, 3.05) is 21.0 Å². The third-order valence-electron chi connectivity index (χ3n) is 11.1. The molecule has 14 nitrogen and oxygen atoms in total. The van der Waals surface area contributed by atoms with Crippen LogP contribution < -0.4 is 14.2 Å². The van der Waals surface area contributed by atoms with Gasteiger partial charge in [0.15, 0.2) is 46.0 Å². The van der Waals surface area contributed by atoms with Crippen LogP contribution in [0.4, 0.5) is 0 Å². The van der Waals surface area contributed by atoms with Crippen LogP contribution in [0.5, 0.6) is 23.0 Å². The van der Waals surface area contributed by atoms with Gasteiger partial charge < -0.3 is 33.5 Å². The summed E-state index contributed by atoms with van der Waals surface area (Å²) in [6.07, 6.45) is 1.59. The number of carbonyl (C=O) groups excluding carboxylic acids is 5. The van der Waals surface area contributed by atoms with Gasteiger partial charge >= 0.3 is 17.9 Å². The molecule has 6 rings (SSSR count). The van der Waals surface area contributed by atoms with Crippen LogP contribution >= 0.6 is 23.5 Å². The maximum Gasteiger partial charge on any atom is 0.311 e. The molecule has 0 radical (unpaired) electrons. The first-order chi connectivity index (χ1) is 35.1. The molecule has 1 N–H and O–H groups in total. The monoisotopic (exact) mass is 1030 g/mol. The number of aromatic hydroxyl groups is 1. The van der Waals surface area contributed by atoms with Crippen LogP contribution in [0.15, 0.2) is 156 Å². The molecular formula is C57H62N2O12S2. The second-order valence-electron chi connectivity index (χ2n) is 17.1. The van der Waals surface area contributed by atoms with Crippen LogP contribution in [0.3, 0.4) is 0 Å². The zero-order valence-corrected chi connectivity index (χ0v) is 43.8. The van der Waals surface area contributed by atoms with Gasteiger partial charge in [-0.25, -0.2) is 9.97 Å². The molecule has 73 heavy (non-hydrogen) atoms. The van der Waals surface area contributed by atoms with Crippen LogP contribution in [0, 0.1) is 17.8 Å². The number of benzene rings is 4. The van der Waals surface area contributed by atoms with Crippen molar-refractivity contribution in [1.82, 2.24) is 9.97 Å². The summed E-state index contributed by atoms with van der Waals surface area (Å²) in [6.45, 7) is 9.97. The number of Topliss-reactive ketones (excluding diaryl/α,β-unsaturated/α-hetero) is 2. The van der Waals surface area contributed by atoms with Gasteiger partial charge in [0.25, 0.3) is 0 Å². The third kappa shape index (κ3) is 17.0. The summed E-state index contributed by atoms with van der Waals surface area (Å²) in [7, 11) is 2.82. The number of carbonyl (C=O) groups is 5. The summed E-state index contributed by atoms with van der Waals surface area (Å²) >= 11 is 3.23. The Labute approximate surface area is 435 Å². The minimum absolute atomic E-state index is 0.0190. The number of ketones is 2. The zero-order chi connectivity index (χ0) is 52.9. The van der Waals surface area contributed by atoms with Gasteiger partial charge in [-0.3, -0.25) is 24.0 Å². The SMILES string of the molecule is COc1ccnc(C(=O)C[C@@H](C)C(=O)O[C@@H](C)[C@H](Sc2ccccc2)c2ccccc2)c1O.COc1ccnc(C(=O)C[C@@H](C)C(=O)O[C@@H](C)[C@H](Sc2ccccc2)c2ccccc2)c1OCOC(=O)C(C)C. The minimum atomic E-state index is -0.743. The molecule has 2 aromatic heterocycles. The first-order valence-electron chi connectivity index (χ1n) is 23.7. The minimum Gasteiger partial charge on any atom is -0.503 e. The molecule has 6 atom stereocenters. The second kappa shape index (κ2) is 28.8. The van der Waals surface area contributed by atoms with Gasteiger partial charge in [-0.1, -0.05) is 125 Å². The topological polar surface area (TPSA) is 187 Å². The molecule has 0 bridgehead atoms. The molecule has 6 aromatic rings. The van der Waals surface area contributed by atoms with E-state index in [-0.39, 0.29) is 63.6 Å². The average Bonchev–Trinajstić information content (AvgIpc) is 3.40. The average molecular weight is 1030 g/mol. The first kappa shape index (κ1) is 56.7. The van der Waals surface area contributed by atoms with Crippen molar-refractivity contribution in [3.8, 4) is 23.0 Å². The maximum absolute atomic E-state index is 13.2. The van der Waals surface area contributed by atoms with E-state index in [1.807, 2.05) is 135 Å². The molecule has 384 valence electrons. The Kier molecular flexibility index (Phi) is 22.4. The Morgan fingerprint density at radius 2 is 0.918 bits per heavy atom. The molecule has 0 amide bonds. The van der Waals surface area contributed by atoms with E-state index in [1.54, 1.807) is 51.2 Å². The predicted molar refractivity (Wildman–Crippen MR) is 280 cm³/mol. The number of methoxy groups -OCH3 is 2. The Morgan fingerprint density at radius 3 is 1.34 bits per heavy atom. The molecule has 4 aromatic carbocycles. The lowest BCUT2D eigenvalue weighted by Gasteiger charge is -2.25. The van der Waals surface area contributed by atoms with E-state index in [1.165, 1.54) is 38.7 Å². The Hall–Kier alpha value is -7.17. The summed E-state index contributed by atoms with van der Waals surface area (Å²) < 4.78 is 32.7. The highest BCUT2D eigenvalue weighted by Gasteiger charge is 2.31. The molecule has 0 unspecified atom stereocenters. The summed E-state index contributed by atoms with van der Waals surface area (Å²) in [5, 5.41) is 9.90. The molecule has 0 saturated heterocycles. The third-order valence-corrected chi connectivity index (χ3v) is 14.0. The molecule has 0 aliphatic rings. The first-order valence-corrected chi connectivity index (χ1v) is 25.4. The summed E-state index contributed by atoms with van der Waals surface area (Å²) in [5.74, 6) is -3.96. The Bertz CT molecular complexity index is 2710. The fraction of sp³-hybridized carbons (Fsp3) is 0.316. The number of hydrogen-bond donors (Lipinski definition) is 1. The zero-order valence-electron chi connectivity index (χ0n) is 42.2. The van der Waals surface area contributed by atoms with E-state index in [2.05, 4.69) is 9.97 Å². The fourth-order valence-electron chi connectivity index (χ4n) is 7.13. The van der Waals surface area contributed by atoms with Crippen molar-refractivity contribution >= 4 is 53.0 Å². The number of pyridine rings is 2. The smallest absolute Gasteiger partial charge is 0.311 e. The van der Waals surface area contributed by atoms with Crippen LogP contribution in [-0.2, 0) is 28.6 Å². The van der Waals surface area contributed by atoms with Crippen molar-refractivity contribution in [3.63, 3.8) is 0 Å². The molecular weight excluding hydrogens is 969 g/mol. The Balaban J connectivity index is 0.000000276. The van der Waals surface area contributed by atoms with Crippen LogP contribution in [0.2, 0.25) is 0 Å². The lowest BCUT2D eigenvalue weighted by Crippen LogP contribution is -2.26. The van der Waals surface area contributed by atoms with Crippen LogP contribution in [-0.4, -0.2) is 77.8 Å². The highest BCUT2D eigenvalue weighted by atomic mass is 32.2. The maximum atomic E-state index is 13.2. The number of hydrogen-bond acceptors (Lipinski definition) is 16. The molecule has 0 fully saturated rings. The van der Waals surface area contributed by atoms with E-state index in [0.717, 1.165) is 20.9 Å². The molecule has 16 heteroatoms. The van der Waals surface area contributed by atoms with E-state index in [0.29, 0.717) is 0 Å². The normalized spacial score (nSPS) is 13.3. The number of nitrogens with zero attached hydrogens (tertiary/aromatic N) is 2. The van der Waals surface area contributed by atoms with Gasteiger partial charge in [-0.15, -0.1) is 23.5 Å². The van der Waals surface area contributed by atoms with Gasteiger partial charge in [0.2, 0.25) is 6.79 Å². The Morgan fingerprint density at radius 1 is 0.521 bits per heavy atom. The van der Waals surface area contributed by atoms with Gasteiger partial charge in [0.1, 0.15) is 12.2 Å². The van der Waals surface area contributed by atoms with E-state index >= 15 is 0 Å². The standard InChI is InChI=1S/C31H35NO7S.C26H27NO5S/c1-20(2)30(34)38-19-37-28-26(36-5)16-17-32-27(28)25(33)18-21(3)31(35)39-22(4)29(23-12-8-6-9-13-23)40-24-14-10-7-11-15-24;1-17(16-21(28)23-24(29)22(31-3)14-15-27-23)26(30)32-18(2)25(19-10-6-4-7-11-19)33-20-12-8-5-9-13-20/h6-17,20-22,29H,18-19H2,1-5H3;4-15,17-18,25,29H,16H2,1-3H3/t21-,22+,29+;17-,18+,25+/m11/s1. The predicted octanol–water partition coefficient (Wildman–Crippen LogP) is 11.8. The van der Waals surface area contributed by atoms with Crippen molar-refractivity contribution in [2.24, 2.45) is 17.8 Å². The number of rotatable bonds is 24. The summed E-state index contributed by atoms with van der Waals surface area (Å²) in [6, 6.07) is 42.6. The molecule has 0 spiro atoms. The number of aromatic nitrogens is 2. The van der Waals surface area contributed by atoms with E-state index < -0.39 is 60.3 Å². The number of ether oxygens (including phenoxy) is 6. The molecule has 0 saturated carbocycles. The van der Waals surface area contributed by atoms with Gasteiger partial charge in [-0.05, 0) is 49.2 Å². The quantitative estimate of drug-likeness (QED) is 0.0198. The number of thioether (sulfide) groups is 2. The summed E-state index contributed by atoms with van der Waals surface area (Å²) in [5.41, 5.74) is 1.93. The molecule has 0 aliphatic carbocycles. The molecule has 0 aliphatic heterocycles. The van der Waals surface area contributed by atoms with Gasteiger partial charge in [0, 0.05) is 47.2 Å². The van der Waals surface area contributed by atoms with Crippen molar-refractivity contribution < 1.29 is 57.5 Å².